The van der Waals surface area contributed by atoms with Crippen molar-refractivity contribution in [3.05, 3.63) is 42.0 Å². The molecule has 3 nitrogen and oxygen atoms in total. The standard InChI is InChI=1S/C17H18O3/c1-4-17(11(2)3)19-14-10-9-12-7-5-6-8-13(12)15(14)16(18)20-17/h5-11H,4H2,1-3H3. The van der Waals surface area contributed by atoms with E-state index in [1.165, 1.54) is 0 Å². The van der Waals surface area contributed by atoms with Gasteiger partial charge in [-0.15, -0.1) is 0 Å². The Bertz CT molecular complexity index is 675. The molecule has 3 heteroatoms. The second kappa shape index (κ2) is 4.51. The second-order valence-corrected chi connectivity index (χ2v) is 5.47. The van der Waals surface area contributed by atoms with Gasteiger partial charge in [0.15, 0.2) is 0 Å². The summed E-state index contributed by atoms with van der Waals surface area (Å²) in [5.41, 5.74) is 0.535. The molecule has 0 fully saturated rings. The molecule has 20 heavy (non-hydrogen) atoms. The predicted octanol–water partition coefficient (Wildman–Crippen LogP) is 4.15. The topological polar surface area (TPSA) is 35.5 Å². The van der Waals surface area contributed by atoms with Gasteiger partial charge in [0.05, 0.1) is 0 Å². The van der Waals surface area contributed by atoms with Crippen LogP contribution in [0.3, 0.4) is 0 Å². The number of cyclic esters (lactones) is 1. The van der Waals surface area contributed by atoms with Gasteiger partial charge in [-0.3, -0.25) is 0 Å². The number of ether oxygens (including phenoxy) is 2. The second-order valence-electron chi connectivity index (χ2n) is 5.47. The molecule has 0 spiro atoms. The van der Waals surface area contributed by atoms with Crippen LogP contribution in [0.4, 0.5) is 0 Å². The zero-order chi connectivity index (χ0) is 14.3. The normalized spacial score (nSPS) is 21.5. The van der Waals surface area contributed by atoms with E-state index in [9.17, 15) is 4.79 Å². The molecule has 0 aromatic heterocycles. The molecule has 0 bridgehead atoms. The van der Waals surface area contributed by atoms with E-state index in [0.717, 1.165) is 10.8 Å². The molecule has 1 aliphatic rings. The average molecular weight is 270 g/mol. The number of fused-ring (bicyclic) bond motifs is 3. The first kappa shape index (κ1) is 13.0. The van der Waals surface area contributed by atoms with E-state index in [1.807, 2.05) is 57.2 Å². The molecule has 2 aromatic rings. The Kier molecular flexibility index (Phi) is 2.93. The molecule has 104 valence electrons. The SMILES string of the molecule is CCC1(C(C)C)OC(=O)c2c(ccc3ccccc23)O1. The number of carbonyl (C=O) groups is 1. The molecular formula is C17H18O3. The molecule has 0 radical (unpaired) electrons. The highest BCUT2D eigenvalue weighted by molar-refractivity contribution is 6.07. The van der Waals surface area contributed by atoms with Gasteiger partial charge in [-0.2, -0.15) is 0 Å². The van der Waals surface area contributed by atoms with Crippen LogP contribution < -0.4 is 4.74 Å². The molecule has 0 aliphatic carbocycles. The van der Waals surface area contributed by atoms with Crippen molar-refractivity contribution < 1.29 is 14.3 Å². The van der Waals surface area contributed by atoms with Crippen molar-refractivity contribution in [1.82, 2.24) is 0 Å². The highest BCUT2D eigenvalue weighted by atomic mass is 16.7. The Morgan fingerprint density at radius 3 is 2.55 bits per heavy atom. The fourth-order valence-corrected chi connectivity index (χ4v) is 2.75. The van der Waals surface area contributed by atoms with Crippen molar-refractivity contribution in [3.8, 4) is 5.75 Å². The lowest BCUT2D eigenvalue weighted by Crippen LogP contribution is -2.48. The van der Waals surface area contributed by atoms with E-state index in [1.54, 1.807) is 0 Å². The minimum Gasteiger partial charge on any atom is -0.451 e. The van der Waals surface area contributed by atoms with E-state index in [-0.39, 0.29) is 11.9 Å². The molecular weight excluding hydrogens is 252 g/mol. The Morgan fingerprint density at radius 1 is 1.10 bits per heavy atom. The van der Waals surface area contributed by atoms with Gasteiger partial charge in [0, 0.05) is 12.3 Å². The van der Waals surface area contributed by atoms with Crippen molar-refractivity contribution in [1.29, 1.82) is 0 Å². The van der Waals surface area contributed by atoms with Crippen molar-refractivity contribution in [2.24, 2.45) is 5.92 Å². The van der Waals surface area contributed by atoms with Crippen molar-refractivity contribution >= 4 is 16.7 Å². The summed E-state index contributed by atoms with van der Waals surface area (Å²) in [6, 6.07) is 11.6. The van der Waals surface area contributed by atoms with Crippen LogP contribution in [0.15, 0.2) is 36.4 Å². The van der Waals surface area contributed by atoms with Gasteiger partial charge in [-0.25, -0.2) is 4.79 Å². The Morgan fingerprint density at radius 2 is 1.85 bits per heavy atom. The van der Waals surface area contributed by atoms with E-state index in [0.29, 0.717) is 17.7 Å². The minimum absolute atomic E-state index is 0.0936. The Hall–Kier alpha value is -2.03. The lowest BCUT2D eigenvalue weighted by atomic mass is 9.96. The monoisotopic (exact) mass is 270 g/mol. The zero-order valence-electron chi connectivity index (χ0n) is 12.0. The Labute approximate surface area is 118 Å². The quantitative estimate of drug-likeness (QED) is 0.769. The van der Waals surface area contributed by atoms with Crippen LogP contribution in [0, 0.1) is 5.92 Å². The van der Waals surface area contributed by atoms with E-state index >= 15 is 0 Å². The highest BCUT2D eigenvalue weighted by Gasteiger charge is 2.44. The van der Waals surface area contributed by atoms with Gasteiger partial charge in [-0.05, 0) is 16.8 Å². The van der Waals surface area contributed by atoms with Crippen molar-refractivity contribution in [2.45, 2.75) is 33.0 Å². The number of carbonyl (C=O) groups excluding carboxylic acids is 1. The molecule has 0 saturated carbocycles. The first-order valence-electron chi connectivity index (χ1n) is 7.01. The summed E-state index contributed by atoms with van der Waals surface area (Å²) in [4.78, 5) is 12.5. The van der Waals surface area contributed by atoms with Gasteiger partial charge >= 0.3 is 5.97 Å². The highest BCUT2D eigenvalue weighted by Crippen LogP contribution is 2.40. The molecule has 1 heterocycles. The van der Waals surface area contributed by atoms with E-state index < -0.39 is 5.79 Å². The number of esters is 1. The lowest BCUT2D eigenvalue weighted by molar-refractivity contribution is -0.184. The third kappa shape index (κ3) is 1.77. The van der Waals surface area contributed by atoms with Crippen LogP contribution >= 0.6 is 0 Å². The van der Waals surface area contributed by atoms with Gasteiger partial charge in [0.1, 0.15) is 11.3 Å². The van der Waals surface area contributed by atoms with Crippen molar-refractivity contribution in [3.63, 3.8) is 0 Å². The number of rotatable bonds is 2. The maximum Gasteiger partial charge on any atom is 0.345 e. The van der Waals surface area contributed by atoms with Crippen LogP contribution in [-0.2, 0) is 4.74 Å². The smallest absolute Gasteiger partial charge is 0.345 e. The molecule has 1 aliphatic heterocycles. The molecule has 2 aromatic carbocycles. The summed E-state index contributed by atoms with van der Waals surface area (Å²) in [5, 5.41) is 1.89. The molecule has 0 saturated heterocycles. The third-order valence-electron chi connectivity index (χ3n) is 4.02. The summed E-state index contributed by atoms with van der Waals surface area (Å²) in [6.07, 6.45) is 0.628. The fourth-order valence-electron chi connectivity index (χ4n) is 2.75. The molecule has 0 N–H and O–H groups in total. The van der Waals surface area contributed by atoms with Crippen LogP contribution in [0.2, 0.25) is 0 Å². The van der Waals surface area contributed by atoms with Crippen LogP contribution in [0.5, 0.6) is 5.75 Å². The summed E-state index contributed by atoms with van der Waals surface area (Å²) in [6.45, 7) is 5.98. The molecule has 1 unspecified atom stereocenters. The minimum atomic E-state index is -0.855. The molecule has 1 atom stereocenters. The summed E-state index contributed by atoms with van der Waals surface area (Å²) in [7, 11) is 0. The lowest BCUT2D eigenvalue weighted by Gasteiger charge is -2.40. The zero-order valence-corrected chi connectivity index (χ0v) is 12.0. The summed E-state index contributed by atoms with van der Waals surface area (Å²) >= 11 is 0. The number of hydrogen-bond acceptors (Lipinski definition) is 3. The molecule has 3 rings (SSSR count). The fraction of sp³-hybridized carbons (Fsp3) is 0.353. The summed E-state index contributed by atoms with van der Waals surface area (Å²) < 4.78 is 11.7. The first-order valence-corrected chi connectivity index (χ1v) is 7.01. The molecule has 0 amide bonds. The summed E-state index contributed by atoms with van der Waals surface area (Å²) in [5.74, 6) is -0.433. The van der Waals surface area contributed by atoms with Gasteiger partial charge in [0.2, 0.25) is 0 Å². The largest absolute Gasteiger partial charge is 0.451 e. The predicted molar refractivity (Wildman–Crippen MR) is 77.9 cm³/mol. The van der Waals surface area contributed by atoms with Crippen LogP contribution in [0.25, 0.3) is 10.8 Å². The van der Waals surface area contributed by atoms with Gasteiger partial charge in [-0.1, -0.05) is 51.1 Å². The van der Waals surface area contributed by atoms with E-state index in [2.05, 4.69) is 0 Å². The Balaban J connectivity index is 2.20. The first-order chi connectivity index (χ1) is 9.57. The van der Waals surface area contributed by atoms with Gasteiger partial charge in [0.25, 0.3) is 5.79 Å². The average Bonchev–Trinajstić information content (AvgIpc) is 2.46. The van der Waals surface area contributed by atoms with Crippen LogP contribution in [-0.4, -0.2) is 11.8 Å². The van der Waals surface area contributed by atoms with E-state index in [4.69, 9.17) is 9.47 Å². The van der Waals surface area contributed by atoms with Crippen molar-refractivity contribution in [2.75, 3.05) is 0 Å². The van der Waals surface area contributed by atoms with Crippen LogP contribution in [0.1, 0.15) is 37.6 Å². The maximum absolute atomic E-state index is 12.5. The number of hydrogen-bond donors (Lipinski definition) is 0. The number of benzene rings is 2. The third-order valence-corrected chi connectivity index (χ3v) is 4.02. The maximum atomic E-state index is 12.5. The van der Waals surface area contributed by atoms with Gasteiger partial charge < -0.3 is 9.47 Å².